The minimum absolute atomic E-state index is 0.124. The number of halogens is 1. The number of rotatable bonds is 4. The van der Waals surface area contributed by atoms with Crippen molar-refractivity contribution in [3.05, 3.63) is 34.9 Å². The van der Waals surface area contributed by atoms with Crippen LogP contribution >= 0.6 is 11.6 Å². The van der Waals surface area contributed by atoms with E-state index in [-0.39, 0.29) is 6.04 Å². The molecule has 0 aliphatic carbocycles. The average molecular weight is 223 g/mol. The van der Waals surface area contributed by atoms with Crippen LogP contribution in [0.4, 0.5) is 0 Å². The second-order valence-electron chi connectivity index (χ2n) is 3.82. The van der Waals surface area contributed by atoms with Crippen LogP contribution in [0.3, 0.4) is 0 Å². The minimum atomic E-state index is -0.124. The van der Waals surface area contributed by atoms with E-state index in [1.807, 2.05) is 38.1 Å². The first kappa shape index (κ1) is 12.0. The molecule has 0 fully saturated rings. The summed E-state index contributed by atoms with van der Waals surface area (Å²) in [5.41, 5.74) is 1.03. The van der Waals surface area contributed by atoms with Crippen molar-refractivity contribution in [2.75, 3.05) is 0 Å². The Hall–Kier alpha value is -1.04. The lowest BCUT2D eigenvalue weighted by Gasteiger charge is -2.15. The van der Waals surface area contributed by atoms with Crippen LogP contribution in [0.25, 0.3) is 0 Å². The SMILES string of the molecule is CC(C)C(C#N)NCc1ccccc1Cl. The van der Waals surface area contributed by atoms with Gasteiger partial charge in [-0.3, -0.25) is 5.32 Å². The van der Waals surface area contributed by atoms with Crippen molar-refractivity contribution in [3.8, 4) is 6.07 Å². The van der Waals surface area contributed by atoms with Gasteiger partial charge in [0.1, 0.15) is 0 Å². The molecule has 0 radical (unpaired) electrons. The summed E-state index contributed by atoms with van der Waals surface area (Å²) in [7, 11) is 0. The Bertz CT molecular complexity index is 355. The Morgan fingerprint density at radius 1 is 1.40 bits per heavy atom. The van der Waals surface area contributed by atoms with Gasteiger partial charge in [-0.15, -0.1) is 0 Å². The van der Waals surface area contributed by atoms with Crippen molar-refractivity contribution in [3.63, 3.8) is 0 Å². The summed E-state index contributed by atoms with van der Waals surface area (Å²) in [6.45, 7) is 4.68. The lowest BCUT2D eigenvalue weighted by atomic mass is 10.1. The Labute approximate surface area is 95.9 Å². The molecule has 1 N–H and O–H groups in total. The van der Waals surface area contributed by atoms with E-state index >= 15 is 0 Å². The summed E-state index contributed by atoms with van der Waals surface area (Å²) < 4.78 is 0. The zero-order chi connectivity index (χ0) is 11.3. The molecule has 1 aromatic rings. The van der Waals surface area contributed by atoms with Gasteiger partial charge < -0.3 is 0 Å². The number of hydrogen-bond acceptors (Lipinski definition) is 2. The summed E-state index contributed by atoms with van der Waals surface area (Å²) in [6.07, 6.45) is 0. The van der Waals surface area contributed by atoms with Crippen molar-refractivity contribution in [2.24, 2.45) is 5.92 Å². The maximum Gasteiger partial charge on any atom is 0.0978 e. The van der Waals surface area contributed by atoms with Gasteiger partial charge in [0.05, 0.1) is 12.1 Å². The predicted octanol–water partition coefficient (Wildman–Crippen LogP) is 2.98. The second kappa shape index (κ2) is 5.75. The van der Waals surface area contributed by atoms with Gasteiger partial charge >= 0.3 is 0 Å². The Balaban J connectivity index is 2.58. The van der Waals surface area contributed by atoms with Crippen molar-refractivity contribution in [1.82, 2.24) is 5.32 Å². The molecule has 0 aliphatic heterocycles. The van der Waals surface area contributed by atoms with Crippen LogP contribution in [-0.2, 0) is 6.54 Å². The molecule has 0 amide bonds. The van der Waals surface area contributed by atoms with Crippen LogP contribution < -0.4 is 5.32 Å². The first-order valence-corrected chi connectivity index (χ1v) is 5.39. The summed E-state index contributed by atoms with van der Waals surface area (Å²) in [5.74, 6) is 0.303. The first-order valence-electron chi connectivity index (χ1n) is 5.01. The van der Waals surface area contributed by atoms with E-state index in [0.717, 1.165) is 10.6 Å². The van der Waals surface area contributed by atoms with Gasteiger partial charge in [0.2, 0.25) is 0 Å². The highest BCUT2D eigenvalue weighted by Crippen LogP contribution is 2.15. The van der Waals surface area contributed by atoms with Crippen LogP contribution in [0.15, 0.2) is 24.3 Å². The predicted molar refractivity (Wildman–Crippen MR) is 62.5 cm³/mol. The highest BCUT2D eigenvalue weighted by atomic mass is 35.5. The van der Waals surface area contributed by atoms with Gasteiger partial charge in [0, 0.05) is 11.6 Å². The summed E-state index contributed by atoms with van der Waals surface area (Å²) in [5, 5.41) is 12.8. The second-order valence-corrected chi connectivity index (χ2v) is 4.23. The van der Waals surface area contributed by atoms with Gasteiger partial charge in [-0.1, -0.05) is 43.6 Å². The Kier molecular flexibility index (Phi) is 4.61. The molecule has 1 aromatic carbocycles. The maximum atomic E-state index is 8.90. The Morgan fingerprint density at radius 2 is 2.07 bits per heavy atom. The Morgan fingerprint density at radius 3 is 2.60 bits per heavy atom. The molecule has 3 heteroatoms. The quantitative estimate of drug-likeness (QED) is 0.850. The summed E-state index contributed by atoms with van der Waals surface area (Å²) in [4.78, 5) is 0. The van der Waals surface area contributed by atoms with Crippen molar-refractivity contribution >= 4 is 11.6 Å². The highest BCUT2D eigenvalue weighted by molar-refractivity contribution is 6.31. The molecular weight excluding hydrogens is 208 g/mol. The van der Waals surface area contributed by atoms with Gasteiger partial charge in [0.25, 0.3) is 0 Å². The number of benzene rings is 1. The largest absolute Gasteiger partial charge is 0.298 e. The molecule has 1 unspecified atom stereocenters. The molecule has 15 heavy (non-hydrogen) atoms. The van der Waals surface area contributed by atoms with Crippen LogP contribution in [0.5, 0.6) is 0 Å². The third-order valence-electron chi connectivity index (χ3n) is 2.28. The zero-order valence-electron chi connectivity index (χ0n) is 9.00. The molecule has 80 valence electrons. The van der Waals surface area contributed by atoms with Gasteiger partial charge in [0.15, 0.2) is 0 Å². The van der Waals surface area contributed by atoms with Crippen molar-refractivity contribution in [1.29, 1.82) is 5.26 Å². The molecule has 0 saturated heterocycles. The number of nitrogens with zero attached hydrogens (tertiary/aromatic N) is 1. The monoisotopic (exact) mass is 222 g/mol. The van der Waals surface area contributed by atoms with E-state index < -0.39 is 0 Å². The summed E-state index contributed by atoms with van der Waals surface area (Å²) in [6, 6.07) is 9.78. The highest BCUT2D eigenvalue weighted by Gasteiger charge is 2.11. The summed E-state index contributed by atoms with van der Waals surface area (Å²) >= 11 is 6.01. The smallest absolute Gasteiger partial charge is 0.0978 e. The van der Waals surface area contributed by atoms with Gasteiger partial charge in [-0.25, -0.2) is 0 Å². The van der Waals surface area contributed by atoms with Crippen molar-refractivity contribution in [2.45, 2.75) is 26.4 Å². The van der Waals surface area contributed by atoms with E-state index in [1.165, 1.54) is 0 Å². The minimum Gasteiger partial charge on any atom is -0.298 e. The molecule has 0 heterocycles. The van der Waals surface area contributed by atoms with E-state index in [0.29, 0.717) is 12.5 Å². The molecule has 1 atom stereocenters. The molecule has 0 saturated carbocycles. The maximum absolute atomic E-state index is 8.90. The zero-order valence-corrected chi connectivity index (χ0v) is 9.75. The fraction of sp³-hybridized carbons (Fsp3) is 0.417. The van der Waals surface area contributed by atoms with E-state index in [1.54, 1.807) is 0 Å². The lowest BCUT2D eigenvalue weighted by molar-refractivity contribution is 0.472. The normalized spacial score (nSPS) is 12.5. The number of nitriles is 1. The van der Waals surface area contributed by atoms with Crippen LogP contribution in [0, 0.1) is 17.2 Å². The van der Waals surface area contributed by atoms with Crippen LogP contribution in [-0.4, -0.2) is 6.04 Å². The van der Waals surface area contributed by atoms with Crippen LogP contribution in [0.2, 0.25) is 5.02 Å². The third kappa shape index (κ3) is 3.54. The molecule has 0 bridgehead atoms. The molecular formula is C12H15ClN2. The average Bonchev–Trinajstić information content (AvgIpc) is 2.21. The van der Waals surface area contributed by atoms with Crippen LogP contribution in [0.1, 0.15) is 19.4 Å². The number of hydrogen-bond donors (Lipinski definition) is 1. The van der Waals surface area contributed by atoms with Gasteiger partial charge in [-0.05, 0) is 17.5 Å². The fourth-order valence-corrected chi connectivity index (χ4v) is 1.49. The van der Waals surface area contributed by atoms with E-state index in [9.17, 15) is 0 Å². The molecule has 1 rings (SSSR count). The van der Waals surface area contributed by atoms with Gasteiger partial charge in [-0.2, -0.15) is 5.26 Å². The van der Waals surface area contributed by atoms with E-state index in [2.05, 4.69) is 11.4 Å². The topological polar surface area (TPSA) is 35.8 Å². The molecule has 0 aliphatic rings. The number of nitrogens with one attached hydrogen (secondary N) is 1. The first-order chi connectivity index (χ1) is 7.15. The fourth-order valence-electron chi connectivity index (χ4n) is 1.29. The third-order valence-corrected chi connectivity index (χ3v) is 2.64. The molecule has 2 nitrogen and oxygen atoms in total. The standard InChI is InChI=1S/C12H15ClN2/c1-9(2)12(7-14)15-8-10-5-3-4-6-11(10)13/h3-6,9,12,15H,8H2,1-2H3. The molecule has 0 spiro atoms. The lowest BCUT2D eigenvalue weighted by Crippen LogP contribution is -2.31. The van der Waals surface area contributed by atoms with E-state index in [4.69, 9.17) is 16.9 Å². The molecule has 0 aromatic heterocycles. The van der Waals surface area contributed by atoms with Crippen molar-refractivity contribution < 1.29 is 0 Å².